The van der Waals surface area contributed by atoms with Crippen LogP contribution in [0.4, 0.5) is 10.8 Å². The molecule has 1 N–H and O–H groups in total. The van der Waals surface area contributed by atoms with Crippen LogP contribution < -0.4 is 10.3 Å². The topological polar surface area (TPSA) is 74.7 Å². The van der Waals surface area contributed by atoms with E-state index >= 15 is 0 Å². The van der Waals surface area contributed by atoms with Crippen LogP contribution in [0.3, 0.4) is 0 Å². The van der Waals surface area contributed by atoms with Crippen LogP contribution in [0.1, 0.15) is 23.3 Å². The average Bonchev–Trinajstić information content (AvgIpc) is 2.95. The molecule has 8 heteroatoms. The molecule has 1 aromatic heterocycles. The third-order valence-corrected chi connectivity index (χ3v) is 4.77. The number of carbonyl (C=O) groups is 2. The van der Waals surface area contributed by atoms with Gasteiger partial charge in [-0.1, -0.05) is 17.7 Å². The normalized spacial score (nSPS) is 14.5. The zero-order valence-electron chi connectivity index (χ0n) is 13.2. The van der Waals surface area contributed by atoms with Gasteiger partial charge in [-0.25, -0.2) is 9.99 Å². The van der Waals surface area contributed by atoms with Crippen molar-refractivity contribution in [2.45, 2.75) is 26.7 Å². The Bertz CT molecular complexity index is 846. The number of hydrogen-bond acceptors (Lipinski definition) is 5. The highest BCUT2D eigenvalue weighted by Gasteiger charge is 2.26. The van der Waals surface area contributed by atoms with Crippen LogP contribution in [0.2, 0.25) is 5.02 Å². The number of aromatic nitrogens is 1. The van der Waals surface area contributed by atoms with Gasteiger partial charge in [0.05, 0.1) is 5.69 Å². The molecule has 2 amide bonds. The molecule has 0 saturated heterocycles. The number of benzene rings is 1. The fraction of sp³-hybridized carbons (Fsp3) is 0.250. The molecule has 1 aliphatic heterocycles. The molecular weight excluding hydrogens is 348 g/mol. The molecule has 124 valence electrons. The first-order chi connectivity index (χ1) is 11.4. The molecule has 0 aliphatic carbocycles. The first kappa shape index (κ1) is 16.6. The number of carbonyl (C=O) groups excluding carboxylic acids is 2. The predicted octanol–water partition coefficient (Wildman–Crippen LogP) is 3.53. The lowest BCUT2D eigenvalue weighted by Crippen LogP contribution is -2.36. The van der Waals surface area contributed by atoms with Gasteiger partial charge in [0.15, 0.2) is 5.13 Å². The number of hydrogen-bond donors (Lipinski definition) is 1. The summed E-state index contributed by atoms with van der Waals surface area (Å²) in [6.45, 7) is 3.79. The van der Waals surface area contributed by atoms with Gasteiger partial charge in [-0.2, -0.15) is 5.10 Å². The van der Waals surface area contributed by atoms with Crippen molar-refractivity contribution in [1.82, 2.24) is 4.98 Å². The van der Waals surface area contributed by atoms with Crippen molar-refractivity contribution in [3.05, 3.63) is 39.9 Å². The van der Waals surface area contributed by atoms with E-state index in [4.69, 9.17) is 11.6 Å². The van der Waals surface area contributed by atoms with Gasteiger partial charge >= 0.3 is 0 Å². The van der Waals surface area contributed by atoms with Crippen molar-refractivity contribution in [2.75, 3.05) is 10.3 Å². The Morgan fingerprint density at radius 3 is 2.79 bits per heavy atom. The van der Waals surface area contributed by atoms with Crippen molar-refractivity contribution in [3.8, 4) is 0 Å². The number of thiazole rings is 1. The highest BCUT2D eigenvalue weighted by atomic mass is 35.5. The molecule has 0 bridgehead atoms. The highest BCUT2D eigenvalue weighted by Crippen LogP contribution is 2.26. The van der Waals surface area contributed by atoms with Gasteiger partial charge < -0.3 is 0 Å². The first-order valence-corrected chi connectivity index (χ1v) is 8.54. The second kappa shape index (κ2) is 6.70. The summed E-state index contributed by atoms with van der Waals surface area (Å²) >= 11 is 7.50. The van der Waals surface area contributed by atoms with Crippen LogP contribution in [0.5, 0.6) is 0 Å². The highest BCUT2D eigenvalue weighted by molar-refractivity contribution is 7.15. The van der Waals surface area contributed by atoms with Crippen LogP contribution in [0, 0.1) is 13.8 Å². The zero-order chi connectivity index (χ0) is 17.3. The first-order valence-electron chi connectivity index (χ1n) is 7.34. The largest absolute Gasteiger partial charge is 0.297 e. The molecule has 0 atom stereocenters. The van der Waals surface area contributed by atoms with E-state index in [1.54, 1.807) is 18.3 Å². The van der Waals surface area contributed by atoms with E-state index in [-0.39, 0.29) is 18.2 Å². The molecule has 0 radical (unpaired) electrons. The van der Waals surface area contributed by atoms with Crippen LogP contribution in [0.25, 0.3) is 0 Å². The molecule has 3 rings (SSSR count). The Hall–Kier alpha value is -2.25. The summed E-state index contributed by atoms with van der Waals surface area (Å²) in [6, 6.07) is 5.24. The van der Waals surface area contributed by atoms with Crippen LogP contribution in [-0.4, -0.2) is 22.5 Å². The zero-order valence-corrected chi connectivity index (χ0v) is 14.7. The molecule has 2 aromatic rings. The van der Waals surface area contributed by atoms with Gasteiger partial charge in [0, 0.05) is 28.9 Å². The van der Waals surface area contributed by atoms with Gasteiger partial charge in [0.2, 0.25) is 5.91 Å². The lowest BCUT2D eigenvalue weighted by Gasteiger charge is -2.23. The third kappa shape index (κ3) is 3.47. The summed E-state index contributed by atoms with van der Waals surface area (Å²) in [7, 11) is 0. The maximum absolute atomic E-state index is 12.3. The van der Waals surface area contributed by atoms with E-state index in [9.17, 15) is 9.59 Å². The molecule has 0 spiro atoms. The Labute approximate surface area is 148 Å². The molecule has 1 aromatic carbocycles. The standard InChI is InChI=1S/C16H15ClN4O2S/c1-9-3-4-11(7-12(9)17)21-14(22)6-5-13(20-21)15(23)19-16-18-8-10(2)24-16/h3-4,7-8H,5-6H2,1-2H3,(H,18,19,23). The molecule has 0 saturated carbocycles. The van der Waals surface area contributed by atoms with E-state index in [2.05, 4.69) is 15.4 Å². The maximum Gasteiger partial charge on any atom is 0.273 e. The number of amides is 2. The number of anilines is 2. The Balaban J connectivity index is 1.84. The molecule has 1 aliphatic rings. The molecule has 24 heavy (non-hydrogen) atoms. The monoisotopic (exact) mass is 362 g/mol. The molecule has 0 fully saturated rings. The second-order valence-electron chi connectivity index (χ2n) is 5.42. The lowest BCUT2D eigenvalue weighted by molar-refractivity contribution is -0.118. The van der Waals surface area contributed by atoms with Gasteiger partial charge in [0.25, 0.3) is 5.91 Å². The lowest BCUT2D eigenvalue weighted by atomic mass is 10.1. The van der Waals surface area contributed by atoms with E-state index in [0.29, 0.717) is 28.0 Å². The summed E-state index contributed by atoms with van der Waals surface area (Å²) < 4.78 is 0. The molecule has 6 nitrogen and oxygen atoms in total. The predicted molar refractivity (Wildman–Crippen MR) is 95.8 cm³/mol. The van der Waals surface area contributed by atoms with Crippen molar-refractivity contribution in [2.24, 2.45) is 5.10 Å². The van der Waals surface area contributed by atoms with Crippen molar-refractivity contribution in [3.63, 3.8) is 0 Å². The van der Waals surface area contributed by atoms with E-state index in [0.717, 1.165) is 10.4 Å². The Morgan fingerprint density at radius 1 is 1.33 bits per heavy atom. The Morgan fingerprint density at radius 2 is 2.12 bits per heavy atom. The summed E-state index contributed by atoms with van der Waals surface area (Å²) in [5, 5.41) is 9.22. The van der Waals surface area contributed by atoms with E-state index < -0.39 is 0 Å². The quantitative estimate of drug-likeness (QED) is 0.907. The van der Waals surface area contributed by atoms with E-state index in [1.165, 1.54) is 16.3 Å². The number of halogens is 1. The van der Waals surface area contributed by atoms with Gasteiger partial charge in [-0.3, -0.25) is 14.9 Å². The molecule has 2 heterocycles. The van der Waals surface area contributed by atoms with Crippen molar-refractivity contribution < 1.29 is 9.59 Å². The van der Waals surface area contributed by atoms with Crippen LogP contribution in [-0.2, 0) is 9.59 Å². The maximum atomic E-state index is 12.3. The van der Waals surface area contributed by atoms with Gasteiger partial charge in [0.1, 0.15) is 5.71 Å². The summed E-state index contributed by atoms with van der Waals surface area (Å²) in [6.07, 6.45) is 2.20. The SMILES string of the molecule is Cc1cnc(NC(=O)C2=NN(c3ccc(C)c(Cl)c3)C(=O)CC2)s1. The van der Waals surface area contributed by atoms with Crippen LogP contribution in [0.15, 0.2) is 29.5 Å². The number of nitrogens with zero attached hydrogens (tertiary/aromatic N) is 3. The minimum absolute atomic E-state index is 0.170. The summed E-state index contributed by atoms with van der Waals surface area (Å²) in [4.78, 5) is 29.6. The smallest absolute Gasteiger partial charge is 0.273 e. The van der Waals surface area contributed by atoms with E-state index in [1.807, 2.05) is 19.9 Å². The van der Waals surface area contributed by atoms with Crippen LogP contribution >= 0.6 is 22.9 Å². The Kier molecular flexibility index (Phi) is 4.64. The van der Waals surface area contributed by atoms with Gasteiger partial charge in [-0.15, -0.1) is 11.3 Å². The van der Waals surface area contributed by atoms with Crippen molar-refractivity contribution >= 4 is 51.3 Å². The minimum Gasteiger partial charge on any atom is -0.297 e. The number of aryl methyl sites for hydroxylation is 2. The minimum atomic E-state index is -0.347. The molecule has 0 unspecified atom stereocenters. The fourth-order valence-corrected chi connectivity index (χ4v) is 3.05. The number of hydrazone groups is 1. The van der Waals surface area contributed by atoms with Gasteiger partial charge in [-0.05, 0) is 31.5 Å². The number of nitrogens with one attached hydrogen (secondary N) is 1. The number of rotatable bonds is 3. The summed E-state index contributed by atoms with van der Waals surface area (Å²) in [5.74, 6) is -0.517. The third-order valence-electron chi connectivity index (χ3n) is 3.54. The van der Waals surface area contributed by atoms with Crippen molar-refractivity contribution in [1.29, 1.82) is 0 Å². The second-order valence-corrected chi connectivity index (χ2v) is 7.06. The fourth-order valence-electron chi connectivity index (χ4n) is 2.21. The summed E-state index contributed by atoms with van der Waals surface area (Å²) in [5.41, 5.74) is 1.75. The molecular formula is C16H15ClN4O2S. The average molecular weight is 363 g/mol.